The van der Waals surface area contributed by atoms with E-state index in [2.05, 4.69) is 5.32 Å². The molecule has 174 valence electrons. The minimum absolute atomic E-state index is 0.0299. The zero-order valence-corrected chi connectivity index (χ0v) is 18.0. The molecule has 0 heterocycles. The summed E-state index contributed by atoms with van der Waals surface area (Å²) in [4.78, 5) is 11.0. The van der Waals surface area contributed by atoms with Gasteiger partial charge in [-0.05, 0) is 0 Å². The molecule has 0 bridgehead atoms. The Balaban J connectivity index is 3.01. The molecule has 0 aromatic heterocycles. The highest BCUT2D eigenvalue weighted by Crippen LogP contribution is 1.86. The predicted molar refractivity (Wildman–Crippen MR) is 106 cm³/mol. The van der Waals surface area contributed by atoms with Crippen LogP contribution in [0.25, 0.3) is 0 Å². The predicted octanol–water partition coefficient (Wildman–Crippen LogP) is -0.115. The van der Waals surface area contributed by atoms with Gasteiger partial charge in [-0.2, -0.15) is 0 Å². The van der Waals surface area contributed by atoms with E-state index < -0.39 is 0 Å². The van der Waals surface area contributed by atoms with Crippen molar-refractivity contribution in [1.29, 1.82) is 0 Å². The first-order valence-corrected chi connectivity index (χ1v) is 10.0. The van der Waals surface area contributed by atoms with E-state index in [1.807, 2.05) is 0 Å². The van der Waals surface area contributed by atoms with Crippen molar-refractivity contribution >= 4 is 5.91 Å². The summed E-state index contributed by atoms with van der Waals surface area (Å²) in [5.74, 6) is -0.0299. The summed E-state index contributed by atoms with van der Waals surface area (Å²) in [6, 6.07) is 0. The lowest BCUT2D eigenvalue weighted by molar-refractivity contribution is -0.121. The van der Waals surface area contributed by atoms with Gasteiger partial charge in [0.05, 0.1) is 99.1 Å². The molecular formula is C19H39NO9. The molecule has 29 heavy (non-hydrogen) atoms. The largest absolute Gasteiger partial charge is 0.382 e. The van der Waals surface area contributed by atoms with Gasteiger partial charge in [0.1, 0.15) is 0 Å². The van der Waals surface area contributed by atoms with Crippen molar-refractivity contribution in [3.8, 4) is 0 Å². The molecule has 1 N–H and O–H groups in total. The van der Waals surface area contributed by atoms with Crippen LogP contribution < -0.4 is 5.32 Å². The van der Waals surface area contributed by atoms with Gasteiger partial charge in [-0.1, -0.05) is 0 Å². The fraction of sp³-hybridized carbons (Fsp3) is 0.947. The molecule has 0 unspecified atom stereocenters. The summed E-state index contributed by atoms with van der Waals surface area (Å²) in [5, 5.41) is 2.53. The zero-order chi connectivity index (χ0) is 21.3. The molecule has 10 nitrogen and oxygen atoms in total. The van der Waals surface area contributed by atoms with Gasteiger partial charge in [0, 0.05) is 20.6 Å². The average Bonchev–Trinajstić information content (AvgIpc) is 2.74. The number of methoxy groups -OCH3 is 1. The van der Waals surface area contributed by atoms with Crippen molar-refractivity contribution in [3.63, 3.8) is 0 Å². The maximum Gasteiger partial charge on any atom is 0.222 e. The highest BCUT2D eigenvalue weighted by Gasteiger charge is 1.97. The highest BCUT2D eigenvalue weighted by atomic mass is 16.6. The van der Waals surface area contributed by atoms with Crippen LogP contribution in [-0.4, -0.2) is 119 Å². The molecule has 1 amide bonds. The van der Waals surface area contributed by atoms with Gasteiger partial charge >= 0.3 is 0 Å². The highest BCUT2D eigenvalue weighted by molar-refractivity contribution is 5.75. The van der Waals surface area contributed by atoms with Crippen LogP contribution in [0.2, 0.25) is 0 Å². The van der Waals surface area contributed by atoms with E-state index in [4.69, 9.17) is 37.9 Å². The number of carbonyl (C=O) groups excluding carboxylic acids is 1. The molecule has 0 spiro atoms. The molecule has 0 fully saturated rings. The molecular weight excluding hydrogens is 386 g/mol. The summed E-state index contributed by atoms with van der Waals surface area (Å²) in [6.07, 6.45) is 0.365. The minimum Gasteiger partial charge on any atom is -0.382 e. The Labute approximate surface area is 174 Å². The lowest BCUT2D eigenvalue weighted by atomic mass is 10.4. The van der Waals surface area contributed by atoms with E-state index >= 15 is 0 Å². The fourth-order valence-electron chi connectivity index (χ4n) is 1.85. The van der Waals surface area contributed by atoms with Crippen molar-refractivity contribution in [2.45, 2.75) is 6.42 Å². The van der Waals surface area contributed by atoms with Gasteiger partial charge in [-0.3, -0.25) is 4.79 Å². The van der Waals surface area contributed by atoms with Crippen molar-refractivity contribution < 1.29 is 42.7 Å². The van der Waals surface area contributed by atoms with Gasteiger partial charge < -0.3 is 43.2 Å². The number of hydrogen-bond acceptors (Lipinski definition) is 9. The van der Waals surface area contributed by atoms with Crippen LogP contribution in [0.3, 0.4) is 0 Å². The lowest BCUT2D eigenvalue weighted by Gasteiger charge is -2.08. The Morgan fingerprint density at radius 1 is 0.517 bits per heavy atom. The van der Waals surface area contributed by atoms with E-state index in [-0.39, 0.29) is 5.91 Å². The summed E-state index contributed by atoms with van der Waals surface area (Å²) < 4.78 is 42.3. The Morgan fingerprint density at radius 3 is 1.07 bits per heavy atom. The molecule has 0 aliphatic heterocycles. The number of carbonyl (C=O) groups is 1. The molecule has 0 radical (unpaired) electrons. The number of hydrogen-bond donors (Lipinski definition) is 1. The Bertz CT molecular complexity index is 335. The second kappa shape index (κ2) is 25.2. The molecule has 0 rings (SSSR count). The standard InChI is InChI=1S/C19H39NO9/c1-20-19(21)3-4-23-7-8-25-11-12-27-15-16-29-18-17-28-14-13-26-10-9-24-6-5-22-2/h3-18H2,1-2H3,(H,20,21). The molecule has 10 heteroatoms. The quantitative estimate of drug-likeness (QED) is 0.212. The smallest absolute Gasteiger partial charge is 0.222 e. The van der Waals surface area contributed by atoms with Crippen molar-refractivity contribution in [1.82, 2.24) is 5.32 Å². The van der Waals surface area contributed by atoms with E-state index in [0.29, 0.717) is 106 Å². The van der Waals surface area contributed by atoms with Crippen molar-refractivity contribution in [3.05, 3.63) is 0 Å². The second-order valence-corrected chi connectivity index (χ2v) is 5.70. The molecule has 0 aromatic carbocycles. The van der Waals surface area contributed by atoms with E-state index in [1.165, 1.54) is 0 Å². The third kappa shape index (κ3) is 25.1. The number of ether oxygens (including phenoxy) is 8. The Morgan fingerprint density at radius 2 is 0.793 bits per heavy atom. The molecule has 0 aliphatic carbocycles. The summed E-state index contributed by atoms with van der Waals surface area (Å²) in [7, 11) is 3.25. The Kier molecular flexibility index (Phi) is 24.4. The number of nitrogens with one attached hydrogen (secondary N) is 1. The van der Waals surface area contributed by atoms with Crippen LogP contribution in [-0.2, 0) is 42.7 Å². The second-order valence-electron chi connectivity index (χ2n) is 5.70. The van der Waals surface area contributed by atoms with Gasteiger partial charge in [0.25, 0.3) is 0 Å². The van der Waals surface area contributed by atoms with E-state index in [1.54, 1.807) is 14.2 Å². The molecule has 0 saturated carbocycles. The molecule has 0 aliphatic rings. The van der Waals surface area contributed by atoms with Crippen LogP contribution in [0.15, 0.2) is 0 Å². The van der Waals surface area contributed by atoms with Gasteiger partial charge in [0.2, 0.25) is 5.91 Å². The summed E-state index contributed by atoms with van der Waals surface area (Å²) >= 11 is 0. The summed E-state index contributed by atoms with van der Waals surface area (Å²) in [6.45, 7) is 7.79. The van der Waals surface area contributed by atoms with Crippen LogP contribution in [0.1, 0.15) is 6.42 Å². The van der Waals surface area contributed by atoms with Crippen molar-refractivity contribution in [2.24, 2.45) is 0 Å². The maximum absolute atomic E-state index is 11.0. The monoisotopic (exact) mass is 425 g/mol. The number of rotatable bonds is 24. The third-order valence-electron chi connectivity index (χ3n) is 3.42. The first-order valence-electron chi connectivity index (χ1n) is 10.0. The lowest BCUT2D eigenvalue weighted by Crippen LogP contribution is -2.20. The molecule has 0 atom stereocenters. The zero-order valence-electron chi connectivity index (χ0n) is 18.0. The van der Waals surface area contributed by atoms with E-state index in [9.17, 15) is 4.79 Å². The molecule has 0 saturated heterocycles. The first kappa shape index (κ1) is 28.1. The van der Waals surface area contributed by atoms with Gasteiger partial charge in [-0.25, -0.2) is 0 Å². The third-order valence-corrected chi connectivity index (χ3v) is 3.42. The van der Waals surface area contributed by atoms with E-state index in [0.717, 1.165) is 0 Å². The summed E-state index contributed by atoms with van der Waals surface area (Å²) in [5.41, 5.74) is 0. The first-order chi connectivity index (χ1) is 14.3. The topological polar surface area (TPSA) is 103 Å². The van der Waals surface area contributed by atoms with Gasteiger partial charge in [-0.15, -0.1) is 0 Å². The normalized spacial score (nSPS) is 11.1. The number of amides is 1. The van der Waals surface area contributed by atoms with Crippen LogP contribution in [0, 0.1) is 0 Å². The van der Waals surface area contributed by atoms with Crippen LogP contribution in [0.5, 0.6) is 0 Å². The van der Waals surface area contributed by atoms with Crippen LogP contribution >= 0.6 is 0 Å². The van der Waals surface area contributed by atoms with Gasteiger partial charge in [0.15, 0.2) is 0 Å². The van der Waals surface area contributed by atoms with Crippen LogP contribution in [0.4, 0.5) is 0 Å². The minimum atomic E-state index is -0.0299. The fourth-order valence-corrected chi connectivity index (χ4v) is 1.85. The maximum atomic E-state index is 11.0. The SMILES string of the molecule is CNC(=O)CCOCCOCCOCCOCCOCCOCCOCCOC. The van der Waals surface area contributed by atoms with Crippen molar-refractivity contribution in [2.75, 3.05) is 113 Å². The molecule has 0 aromatic rings. The Hall–Kier alpha value is -0.850. The average molecular weight is 426 g/mol.